The van der Waals surface area contributed by atoms with E-state index in [2.05, 4.69) is 4.98 Å². The van der Waals surface area contributed by atoms with Crippen LogP contribution in [0.25, 0.3) is 16.3 Å². The molecule has 0 saturated heterocycles. The van der Waals surface area contributed by atoms with Gasteiger partial charge in [-0.15, -0.1) is 0 Å². The van der Waals surface area contributed by atoms with Crippen LogP contribution >= 0.6 is 22.9 Å². The first kappa shape index (κ1) is 19.3. The van der Waals surface area contributed by atoms with Crippen molar-refractivity contribution in [2.24, 2.45) is 0 Å². The number of fused-ring (bicyclic) bond motifs is 1. The molecule has 2 aromatic carbocycles. The number of amides is 1. The molecule has 0 aliphatic carbocycles. The van der Waals surface area contributed by atoms with E-state index < -0.39 is 17.5 Å². The van der Waals surface area contributed by atoms with Gasteiger partial charge in [-0.2, -0.15) is 0 Å². The van der Waals surface area contributed by atoms with Crippen LogP contribution < -0.4 is 4.90 Å². The van der Waals surface area contributed by atoms with Crippen LogP contribution in [0.3, 0.4) is 0 Å². The average molecular weight is 431 g/mol. The molecule has 2 heterocycles. The van der Waals surface area contributed by atoms with E-state index in [1.165, 1.54) is 23.3 Å². The lowest BCUT2D eigenvalue weighted by Gasteiger charge is -2.16. The minimum Gasteiger partial charge on any atom is -0.467 e. The number of rotatable bonds is 5. The lowest BCUT2D eigenvalue weighted by Crippen LogP contribution is -2.28. The number of hydrogen-bond acceptors (Lipinski definition) is 4. The summed E-state index contributed by atoms with van der Waals surface area (Å²) < 4.78 is 33.3. The molecule has 4 aromatic rings. The highest BCUT2D eigenvalue weighted by molar-refractivity contribution is 7.22. The van der Waals surface area contributed by atoms with E-state index in [-0.39, 0.29) is 17.2 Å². The number of benzene rings is 2. The molecule has 0 aliphatic heterocycles. The fourth-order valence-corrected chi connectivity index (χ4v) is 3.93. The lowest BCUT2D eigenvalue weighted by molar-refractivity contribution is -0.114. The maximum Gasteiger partial charge on any atom is 0.253 e. The third kappa shape index (κ3) is 4.21. The van der Waals surface area contributed by atoms with Crippen LogP contribution in [-0.2, 0) is 11.3 Å². The summed E-state index contributed by atoms with van der Waals surface area (Å²) in [6.45, 7) is 0.0859. The highest BCUT2D eigenvalue weighted by Gasteiger charge is 2.21. The van der Waals surface area contributed by atoms with E-state index in [4.69, 9.17) is 16.0 Å². The number of halogens is 3. The van der Waals surface area contributed by atoms with Gasteiger partial charge >= 0.3 is 0 Å². The first-order chi connectivity index (χ1) is 14.0. The van der Waals surface area contributed by atoms with Gasteiger partial charge < -0.3 is 4.42 Å². The second-order valence-corrected chi connectivity index (χ2v) is 7.51. The van der Waals surface area contributed by atoms with Gasteiger partial charge in [0, 0.05) is 17.2 Å². The summed E-state index contributed by atoms with van der Waals surface area (Å²) in [6, 6.07) is 12.5. The Morgan fingerprint density at radius 2 is 2.03 bits per heavy atom. The normalized spacial score (nSPS) is 11.4. The Hall–Kier alpha value is -3.03. The van der Waals surface area contributed by atoms with E-state index in [1.54, 1.807) is 36.4 Å². The van der Waals surface area contributed by atoms with Crippen molar-refractivity contribution in [1.82, 2.24) is 4.98 Å². The predicted molar refractivity (Wildman–Crippen MR) is 110 cm³/mol. The van der Waals surface area contributed by atoms with Crippen LogP contribution in [0.4, 0.5) is 13.9 Å². The van der Waals surface area contributed by atoms with E-state index >= 15 is 0 Å². The molecule has 0 saturated carbocycles. The van der Waals surface area contributed by atoms with Crippen LogP contribution in [0.1, 0.15) is 11.3 Å². The fraction of sp³-hybridized carbons (Fsp3) is 0.0476. The number of aromatic nitrogens is 1. The van der Waals surface area contributed by atoms with Crippen molar-refractivity contribution in [2.45, 2.75) is 6.54 Å². The van der Waals surface area contributed by atoms with E-state index in [0.717, 1.165) is 17.4 Å². The number of anilines is 1. The third-order valence-corrected chi connectivity index (χ3v) is 5.47. The van der Waals surface area contributed by atoms with Gasteiger partial charge in [-0.25, -0.2) is 13.8 Å². The molecule has 8 heteroatoms. The first-order valence-electron chi connectivity index (χ1n) is 8.53. The van der Waals surface area contributed by atoms with E-state index in [9.17, 15) is 13.6 Å². The summed E-state index contributed by atoms with van der Waals surface area (Å²) in [5.74, 6) is -1.36. The second-order valence-electron chi connectivity index (χ2n) is 6.09. The van der Waals surface area contributed by atoms with Gasteiger partial charge in [-0.3, -0.25) is 9.69 Å². The van der Waals surface area contributed by atoms with E-state index in [0.29, 0.717) is 21.0 Å². The van der Waals surface area contributed by atoms with Crippen molar-refractivity contribution in [3.05, 3.63) is 88.9 Å². The Bertz CT molecular complexity index is 1200. The van der Waals surface area contributed by atoms with Crippen molar-refractivity contribution in [1.29, 1.82) is 0 Å². The molecule has 2 aromatic heterocycles. The zero-order valence-corrected chi connectivity index (χ0v) is 16.4. The summed E-state index contributed by atoms with van der Waals surface area (Å²) >= 11 is 7.15. The van der Waals surface area contributed by atoms with Crippen LogP contribution in [0, 0.1) is 11.6 Å². The van der Waals surface area contributed by atoms with Gasteiger partial charge in [0.15, 0.2) is 10.9 Å². The molecule has 1 amide bonds. The minimum atomic E-state index is -0.778. The quantitative estimate of drug-likeness (QED) is 0.361. The van der Waals surface area contributed by atoms with Gasteiger partial charge in [-0.1, -0.05) is 41.1 Å². The molecular formula is C21H13ClF2N2O2S. The topological polar surface area (TPSA) is 46.3 Å². The molecule has 0 unspecified atom stereocenters. The van der Waals surface area contributed by atoms with Crippen LogP contribution in [-0.4, -0.2) is 10.9 Å². The second kappa shape index (κ2) is 8.14. The number of furan rings is 1. The van der Waals surface area contributed by atoms with Gasteiger partial charge in [0.2, 0.25) is 0 Å². The van der Waals surface area contributed by atoms with Crippen molar-refractivity contribution in [2.75, 3.05) is 4.90 Å². The molecular weight excluding hydrogens is 418 g/mol. The Balaban J connectivity index is 1.71. The first-order valence-corrected chi connectivity index (χ1v) is 9.73. The van der Waals surface area contributed by atoms with Crippen LogP contribution in [0.2, 0.25) is 5.02 Å². The zero-order valence-electron chi connectivity index (χ0n) is 14.8. The molecule has 4 nitrogen and oxygen atoms in total. The molecule has 0 fully saturated rings. The fourth-order valence-electron chi connectivity index (χ4n) is 2.72. The zero-order chi connectivity index (χ0) is 20.4. The summed E-state index contributed by atoms with van der Waals surface area (Å²) in [6.07, 6.45) is 4.44. The van der Waals surface area contributed by atoms with Crippen molar-refractivity contribution in [3.8, 4) is 0 Å². The highest BCUT2D eigenvalue weighted by Crippen LogP contribution is 2.32. The SMILES string of the molecule is O=C(/C=C/c1ccccc1Cl)N(Cc1ccco1)c1nc2c(F)cc(F)cc2s1. The third-order valence-electron chi connectivity index (χ3n) is 4.10. The average Bonchev–Trinajstić information content (AvgIpc) is 3.34. The molecule has 0 aliphatic rings. The Morgan fingerprint density at radius 1 is 1.21 bits per heavy atom. The number of nitrogens with zero attached hydrogens (tertiary/aromatic N) is 2. The summed E-state index contributed by atoms with van der Waals surface area (Å²) in [4.78, 5) is 18.5. The molecule has 4 rings (SSSR count). The lowest BCUT2D eigenvalue weighted by atomic mass is 10.2. The maximum absolute atomic E-state index is 14.1. The van der Waals surface area contributed by atoms with Crippen LogP contribution in [0.5, 0.6) is 0 Å². The molecule has 0 spiro atoms. The molecule has 0 N–H and O–H groups in total. The largest absolute Gasteiger partial charge is 0.467 e. The molecule has 0 atom stereocenters. The number of thiazole rings is 1. The molecule has 0 bridgehead atoms. The molecule has 29 heavy (non-hydrogen) atoms. The Morgan fingerprint density at radius 3 is 2.79 bits per heavy atom. The van der Waals surface area contributed by atoms with Crippen molar-refractivity contribution < 1.29 is 18.0 Å². The molecule has 0 radical (unpaired) electrons. The smallest absolute Gasteiger partial charge is 0.253 e. The number of carbonyl (C=O) groups excluding carboxylic acids is 1. The van der Waals surface area contributed by atoms with Gasteiger partial charge in [-0.05, 0) is 35.9 Å². The number of carbonyl (C=O) groups is 1. The van der Waals surface area contributed by atoms with Crippen LogP contribution in [0.15, 0.2) is 65.3 Å². The summed E-state index contributed by atoms with van der Waals surface area (Å²) in [5.41, 5.74) is 0.691. The van der Waals surface area contributed by atoms with Gasteiger partial charge in [0.05, 0.1) is 17.5 Å². The van der Waals surface area contributed by atoms with Gasteiger partial charge in [0.25, 0.3) is 5.91 Å². The minimum absolute atomic E-state index is 0.0127. The highest BCUT2D eigenvalue weighted by atomic mass is 35.5. The summed E-state index contributed by atoms with van der Waals surface area (Å²) in [7, 11) is 0. The summed E-state index contributed by atoms with van der Waals surface area (Å²) in [5, 5.41) is 0.737. The predicted octanol–water partition coefficient (Wildman–Crippen LogP) is 6.07. The monoisotopic (exact) mass is 430 g/mol. The maximum atomic E-state index is 14.1. The van der Waals surface area contributed by atoms with Crippen molar-refractivity contribution in [3.63, 3.8) is 0 Å². The van der Waals surface area contributed by atoms with Gasteiger partial charge in [0.1, 0.15) is 17.1 Å². The van der Waals surface area contributed by atoms with Crippen molar-refractivity contribution >= 4 is 50.3 Å². The Labute approximate surface area is 173 Å². The van der Waals surface area contributed by atoms with E-state index in [1.807, 2.05) is 6.07 Å². The number of hydrogen-bond donors (Lipinski definition) is 0. The Kier molecular flexibility index (Phi) is 5.42. The molecule has 146 valence electrons. The standard InChI is InChI=1S/C21H13ClF2N2O2S/c22-16-6-2-1-4-13(16)7-8-19(27)26(12-15-5-3-9-28-15)21-25-20-17(24)10-14(23)11-18(20)29-21/h1-11H,12H2/b8-7+.